The van der Waals surface area contributed by atoms with Crippen molar-refractivity contribution in [1.29, 1.82) is 0 Å². The van der Waals surface area contributed by atoms with Gasteiger partial charge >= 0.3 is 0 Å². The summed E-state index contributed by atoms with van der Waals surface area (Å²) in [4.78, 5) is 17.1. The normalized spacial score (nSPS) is 12.4. The topological polar surface area (TPSA) is 44.1 Å². The molecule has 0 aliphatic rings. The molecule has 1 unspecified atom stereocenters. The summed E-state index contributed by atoms with van der Waals surface area (Å²) >= 11 is 0. The van der Waals surface area contributed by atoms with E-state index in [1.165, 1.54) is 5.56 Å². The first-order chi connectivity index (χ1) is 12.3. The Labute approximate surface area is 154 Å². The maximum atomic E-state index is 12.5. The van der Waals surface area contributed by atoms with Crippen LogP contribution in [-0.2, 0) is 0 Å². The summed E-state index contributed by atoms with van der Waals surface area (Å²) < 4.78 is 8.11. The molecule has 0 fully saturated rings. The Morgan fingerprint density at radius 2 is 1.73 bits per heavy atom. The van der Waals surface area contributed by atoms with Crippen LogP contribution in [0.15, 0.2) is 35.1 Å². The predicted molar refractivity (Wildman–Crippen MR) is 106 cm³/mol. The van der Waals surface area contributed by atoms with E-state index in [0.717, 1.165) is 39.9 Å². The molecule has 0 N–H and O–H groups in total. The van der Waals surface area contributed by atoms with Crippen LogP contribution in [0.1, 0.15) is 48.7 Å². The second-order valence-electron chi connectivity index (χ2n) is 7.13. The molecule has 4 nitrogen and oxygen atoms in total. The van der Waals surface area contributed by atoms with Crippen molar-refractivity contribution in [3.8, 4) is 11.6 Å². The lowest BCUT2D eigenvalue weighted by atomic mass is 10.1. The molecule has 26 heavy (non-hydrogen) atoms. The van der Waals surface area contributed by atoms with Gasteiger partial charge in [0.15, 0.2) is 0 Å². The fraction of sp³-hybridized carbons (Fsp3) is 0.364. The second kappa shape index (κ2) is 6.94. The minimum Gasteiger partial charge on any atom is -0.438 e. The van der Waals surface area contributed by atoms with Crippen LogP contribution >= 0.6 is 0 Å². The Hall–Kier alpha value is -2.62. The van der Waals surface area contributed by atoms with E-state index in [9.17, 15) is 4.79 Å². The molecule has 136 valence electrons. The van der Waals surface area contributed by atoms with E-state index in [1.54, 1.807) is 6.07 Å². The van der Waals surface area contributed by atoms with Crippen molar-refractivity contribution in [2.75, 3.05) is 0 Å². The lowest BCUT2D eigenvalue weighted by molar-refractivity contribution is 0.459. The van der Waals surface area contributed by atoms with Gasteiger partial charge in [-0.15, -0.1) is 0 Å². The van der Waals surface area contributed by atoms with E-state index in [-0.39, 0.29) is 11.6 Å². The number of hydrogen-bond donors (Lipinski definition) is 0. The van der Waals surface area contributed by atoms with Gasteiger partial charge in [0.05, 0.1) is 10.9 Å². The largest absolute Gasteiger partial charge is 0.438 e. The standard InChI is InChI=1S/C22H26N2O2/c1-7-17(6)24-19-12-16(5)23-22(18(19)8-9-20(24)25)26-21-14(3)10-13(2)11-15(21)4/h8-12,17H,7H2,1-6H3. The van der Waals surface area contributed by atoms with Gasteiger partial charge in [-0.1, -0.05) is 24.6 Å². The van der Waals surface area contributed by atoms with Crippen LogP contribution in [0, 0.1) is 27.7 Å². The summed E-state index contributed by atoms with van der Waals surface area (Å²) in [6.45, 7) is 12.2. The number of pyridine rings is 2. The molecular formula is C22H26N2O2. The maximum absolute atomic E-state index is 12.5. The summed E-state index contributed by atoms with van der Waals surface area (Å²) in [5.74, 6) is 1.38. The molecule has 0 saturated carbocycles. The molecule has 1 aromatic carbocycles. The minimum absolute atomic E-state index is 0.00565. The Kier molecular flexibility index (Phi) is 4.86. The van der Waals surface area contributed by atoms with Gasteiger partial charge in [0, 0.05) is 17.8 Å². The number of hydrogen-bond acceptors (Lipinski definition) is 3. The quantitative estimate of drug-likeness (QED) is 0.633. The van der Waals surface area contributed by atoms with E-state index in [1.807, 2.05) is 37.5 Å². The van der Waals surface area contributed by atoms with E-state index >= 15 is 0 Å². The van der Waals surface area contributed by atoms with Gasteiger partial charge in [0.2, 0.25) is 5.88 Å². The van der Waals surface area contributed by atoms with Gasteiger partial charge < -0.3 is 9.30 Å². The molecule has 1 atom stereocenters. The Morgan fingerprint density at radius 1 is 1.08 bits per heavy atom. The highest BCUT2D eigenvalue weighted by Crippen LogP contribution is 2.33. The third-order valence-electron chi connectivity index (χ3n) is 4.85. The monoisotopic (exact) mass is 350 g/mol. The number of aromatic nitrogens is 2. The first-order valence-corrected chi connectivity index (χ1v) is 9.10. The fourth-order valence-electron chi connectivity index (χ4n) is 3.49. The lowest BCUT2D eigenvalue weighted by Crippen LogP contribution is -2.22. The molecule has 0 spiro atoms. The maximum Gasteiger partial charge on any atom is 0.251 e. The molecule has 3 aromatic rings. The number of benzene rings is 1. The molecular weight excluding hydrogens is 324 g/mol. The Balaban J connectivity index is 2.24. The van der Waals surface area contributed by atoms with Crippen LogP contribution in [0.25, 0.3) is 10.9 Å². The molecule has 0 aliphatic carbocycles. The van der Waals surface area contributed by atoms with Gasteiger partial charge in [-0.2, -0.15) is 0 Å². The highest BCUT2D eigenvalue weighted by Gasteiger charge is 2.16. The Bertz CT molecular complexity index is 1010. The number of nitrogens with zero attached hydrogens (tertiary/aromatic N) is 2. The summed E-state index contributed by atoms with van der Waals surface area (Å²) in [6, 6.07) is 9.71. The summed E-state index contributed by atoms with van der Waals surface area (Å²) in [5, 5.41) is 0.856. The van der Waals surface area contributed by atoms with Crippen LogP contribution in [0.4, 0.5) is 0 Å². The van der Waals surface area contributed by atoms with E-state index < -0.39 is 0 Å². The third-order valence-corrected chi connectivity index (χ3v) is 4.85. The highest BCUT2D eigenvalue weighted by molar-refractivity contribution is 5.84. The van der Waals surface area contributed by atoms with Crippen molar-refractivity contribution in [2.45, 2.75) is 54.0 Å². The van der Waals surface area contributed by atoms with Gasteiger partial charge in [-0.25, -0.2) is 4.98 Å². The molecule has 2 heterocycles. The average molecular weight is 350 g/mol. The summed E-state index contributed by atoms with van der Waals surface area (Å²) in [6.07, 6.45) is 0.882. The van der Waals surface area contributed by atoms with E-state index in [4.69, 9.17) is 4.74 Å². The van der Waals surface area contributed by atoms with Crippen molar-refractivity contribution < 1.29 is 4.74 Å². The zero-order valence-corrected chi connectivity index (χ0v) is 16.4. The second-order valence-corrected chi connectivity index (χ2v) is 7.13. The molecule has 0 aliphatic heterocycles. The predicted octanol–water partition coefficient (Wildman–Crippen LogP) is 5.39. The summed E-state index contributed by atoms with van der Waals surface area (Å²) in [7, 11) is 0. The fourth-order valence-corrected chi connectivity index (χ4v) is 3.49. The lowest BCUT2D eigenvalue weighted by Gasteiger charge is -2.19. The number of aryl methyl sites for hydroxylation is 4. The molecule has 0 radical (unpaired) electrons. The molecule has 0 bridgehead atoms. The first kappa shape index (κ1) is 18.2. The highest BCUT2D eigenvalue weighted by atomic mass is 16.5. The average Bonchev–Trinajstić information content (AvgIpc) is 2.56. The van der Waals surface area contributed by atoms with Crippen molar-refractivity contribution >= 4 is 10.9 Å². The number of rotatable bonds is 4. The van der Waals surface area contributed by atoms with Crippen molar-refractivity contribution in [3.05, 3.63) is 63.1 Å². The van der Waals surface area contributed by atoms with E-state index in [0.29, 0.717) is 5.88 Å². The van der Waals surface area contributed by atoms with Gasteiger partial charge in [0.1, 0.15) is 5.75 Å². The zero-order chi connectivity index (χ0) is 19.0. The molecule has 3 rings (SSSR count). The zero-order valence-electron chi connectivity index (χ0n) is 16.4. The Morgan fingerprint density at radius 3 is 2.35 bits per heavy atom. The third kappa shape index (κ3) is 3.24. The minimum atomic E-state index is 0.00565. The van der Waals surface area contributed by atoms with Crippen LogP contribution < -0.4 is 10.3 Å². The van der Waals surface area contributed by atoms with Gasteiger partial charge in [-0.05, 0) is 64.3 Å². The van der Waals surface area contributed by atoms with Crippen molar-refractivity contribution in [1.82, 2.24) is 9.55 Å². The molecule has 2 aromatic heterocycles. The van der Waals surface area contributed by atoms with Crippen LogP contribution in [-0.4, -0.2) is 9.55 Å². The SMILES string of the molecule is CCC(C)n1c(=O)ccc2c(Oc3c(C)cc(C)cc3C)nc(C)cc21. The van der Waals surface area contributed by atoms with E-state index in [2.05, 4.69) is 37.9 Å². The van der Waals surface area contributed by atoms with Gasteiger partial charge in [0.25, 0.3) is 5.56 Å². The molecule has 0 amide bonds. The molecule has 0 saturated heterocycles. The molecule has 4 heteroatoms. The van der Waals surface area contributed by atoms with Crippen LogP contribution in [0.5, 0.6) is 11.6 Å². The summed E-state index contributed by atoms with van der Waals surface area (Å²) in [5.41, 5.74) is 5.07. The van der Waals surface area contributed by atoms with Gasteiger partial charge in [-0.3, -0.25) is 4.79 Å². The number of fused-ring (bicyclic) bond motifs is 1. The van der Waals surface area contributed by atoms with Crippen molar-refractivity contribution in [3.63, 3.8) is 0 Å². The van der Waals surface area contributed by atoms with Crippen molar-refractivity contribution in [2.24, 2.45) is 0 Å². The number of ether oxygens (including phenoxy) is 1. The van der Waals surface area contributed by atoms with Crippen LogP contribution in [0.2, 0.25) is 0 Å². The first-order valence-electron chi connectivity index (χ1n) is 9.10. The van der Waals surface area contributed by atoms with Crippen LogP contribution in [0.3, 0.4) is 0 Å². The smallest absolute Gasteiger partial charge is 0.251 e.